The van der Waals surface area contributed by atoms with Crippen molar-refractivity contribution in [2.24, 2.45) is 0 Å². The van der Waals surface area contributed by atoms with Crippen LogP contribution in [0.25, 0.3) is 11.0 Å². The predicted molar refractivity (Wildman–Crippen MR) is 211 cm³/mol. The lowest BCUT2D eigenvalue weighted by Gasteiger charge is -2.47. The Bertz CT molecular complexity index is 2510. The number of esters is 1. The van der Waals surface area contributed by atoms with Crippen LogP contribution in [0.3, 0.4) is 0 Å². The molecule has 0 bridgehead atoms. The number of benzene rings is 1. The van der Waals surface area contributed by atoms with E-state index in [-0.39, 0.29) is 53.9 Å². The standard InChI is InChI=1S/C34H44N5O19P3/c1-5-53-31(43)22-13-20-12-21-18(2)15-34(3,4)39(23(21)14-24(20)56-32(22)44)11-7-9-26(40)36-10-6-8-19-16-38(33(45)37-29(19)35)30-28(42)27(41)25(55-30)17-54-60(49,50)58-61(51,52)57-59(46,47)48/h12-14,16,18,25,27-28,30,41-42H,5,7,9-11,15,17H2,1-4H3,(H,36,40)(H,49,50)(H,51,52)(H2,35,37,45)(H2,46,47,48)/t18?,25-,27-,28-,30-/m1/s1. The van der Waals surface area contributed by atoms with E-state index in [0.717, 1.165) is 23.9 Å². The molecule has 2 aliphatic rings. The topological polar surface area (TPSA) is 359 Å². The SMILES string of the molecule is CCOC(=O)c1cc2cc3c(cc2oc1=O)N(CCCC(=O)NCC#Cc1cn([C@@H]2O[C@H](COP(=O)(O)OP(=O)(O)OP(=O)(O)O)[C@@H](O)[C@H]2O)c(=O)nc1N)C(C)(C)CC3C. The molecule has 9 N–H and O–H groups in total. The van der Waals surface area contributed by atoms with Crippen molar-refractivity contribution in [1.82, 2.24) is 14.9 Å². The zero-order chi connectivity index (χ0) is 45.2. The zero-order valence-electron chi connectivity index (χ0n) is 32.9. The van der Waals surface area contributed by atoms with E-state index in [1.807, 2.05) is 6.07 Å². The second-order valence-electron chi connectivity index (χ2n) is 14.5. The van der Waals surface area contributed by atoms with Crippen LogP contribution in [0.4, 0.5) is 11.5 Å². The minimum absolute atomic E-state index is 0.0587. The van der Waals surface area contributed by atoms with Gasteiger partial charge in [-0.15, -0.1) is 0 Å². The highest BCUT2D eigenvalue weighted by Crippen LogP contribution is 2.66. The van der Waals surface area contributed by atoms with Gasteiger partial charge in [-0.3, -0.25) is 13.9 Å². The number of phosphoric acid groups is 3. The van der Waals surface area contributed by atoms with Gasteiger partial charge in [0.1, 0.15) is 35.3 Å². The summed E-state index contributed by atoms with van der Waals surface area (Å²) in [6.45, 7) is 7.17. The van der Waals surface area contributed by atoms with Crippen molar-refractivity contribution >= 4 is 57.8 Å². The van der Waals surface area contributed by atoms with E-state index in [4.69, 9.17) is 29.4 Å². The molecule has 1 saturated heterocycles. The Hall–Kier alpha value is -4.30. The summed E-state index contributed by atoms with van der Waals surface area (Å²) < 4.78 is 62.8. The summed E-state index contributed by atoms with van der Waals surface area (Å²) in [4.78, 5) is 92.6. The van der Waals surface area contributed by atoms with E-state index < -0.39 is 71.9 Å². The van der Waals surface area contributed by atoms with Crippen molar-refractivity contribution in [1.29, 1.82) is 0 Å². The van der Waals surface area contributed by atoms with E-state index in [9.17, 15) is 52.9 Å². The molecule has 2 aromatic heterocycles. The van der Waals surface area contributed by atoms with E-state index in [1.54, 1.807) is 13.0 Å². The first-order valence-corrected chi connectivity index (χ1v) is 22.8. The maximum Gasteiger partial charge on any atom is 0.490 e. The number of nitrogens with one attached hydrogen (secondary N) is 1. The summed E-state index contributed by atoms with van der Waals surface area (Å²) in [6.07, 6.45) is -4.82. The number of fused-ring (bicyclic) bond motifs is 2. The quantitative estimate of drug-likeness (QED) is 0.0458. The Morgan fingerprint density at radius 2 is 1.77 bits per heavy atom. The summed E-state index contributed by atoms with van der Waals surface area (Å²) in [5.74, 6) is 4.02. The molecule has 24 nitrogen and oxygen atoms in total. The summed E-state index contributed by atoms with van der Waals surface area (Å²) >= 11 is 0. The number of carbonyl (C=O) groups is 2. The molecule has 0 aliphatic carbocycles. The van der Waals surface area contributed by atoms with Crippen molar-refractivity contribution in [2.75, 3.05) is 36.9 Å². The number of hydrogen-bond acceptors (Lipinski definition) is 18. The highest BCUT2D eigenvalue weighted by molar-refractivity contribution is 7.66. The summed E-state index contributed by atoms with van der Waals surface area (Å²) in [7, 11) is -17.1. The van der Waals surface area contributed by atoms with Gasteiger partial charge in [-0.2, -0.15) is 13.6 Å². The van der Waals surface area contributed by atoms with Gasteiger partial charge >= 0.3 is 40.8 Å². The Morgan fingerprint density at radius 3 is 2.44 bits per heavy atom. The zero-order valence-corrected chi connectivity index (χ0v) is 35.6. The summed E-state index contributed by atoms with van der Waals surface area (Å²) in [6, 6.07) is 5.15. The number of aliphatic hydroxyl groups excluding tert-OH is 2. The number of ether oxygens (including phenoxy) is 2. The average molecular weight is 920 g/mol. The van der Waals surface area contributed by atoms with Crippen LogP contribution >= 0.6 is 23.5 Å². The molecule has 61 heavy (non-hydrogen) atoms. The average Bonchev–Trinajstić information content (AvgIpc) is 3.40. The molecule has 0 radical (unpaired) electrons. The van der Waals surface area contributed by atoms with Gasteiger partial charge in [0, 0.05) is 41.8 Å². The molecule has 2 aliphatic heterocycles. The molecule has 334 valence electrons. The molecule has 3 aromatic rings. The second kappa shape index (κ2) is 18.6. The van der Waals surface area contributed by atoms with Gasteiger partial charge in [0.05, 0.1) is 25.3 Å². The molecule has 5 rings (SSSR count). The molecule has 1 amide bonds. The van der Waals surface area contributed by atoms with Gasteiger partial charge in [0.15, 0.2) is 6.23 Å². The van der Waals surface area contributed by atoms with Crippen LogP contribution < -0.4 is 27.3 Å². The van der Waals surface area contributed by atoms with Crippen molar-refractivity contribution in [3.63, 3.8) is 0 Å². The highest BCUT2D eigenvalue weighted by atomic mass is 31.3. The number of aliphatic hydroxyl groups is 2. The number of phosphoric ester groups is 1. The van der Waals surface area contributed by atoms with Crippen LogP contribution in [0.2, 0.25) is 0 Å². The van der Waals surface area contributed by atoms with Crippen molar-refractivity contribution in [3.8, 4) is 11.8 Å². The molecule has 0 spiro atoms. The molecule has 1 fully saturated rings. The van der Waals surface area contributed by atoms with Crippen LogP contribution in [-0.4, -0.2) is 101 Å². The first-order valence-electron chi connectivity index (χ1n) is 18.3. The van der Waals surface area contributed by atoms with Crippen LogP contribution in [0, 0.1) is 11.8 Å². The summed E-state index contributed by atoms with van der Waals surface area (Å²) in [5, 5.41) is 24.3. The largest absolute Gasteiger partial charge is 0.490 e. The van der Waals surface area contributed by atoms with Crippen molar-refractivity contribution < 1.29 is 80.1 Å². The van der Waals surface area contributed by atoms with Gasteiger partial charge in [-0.1, -0.05) is 18.8 Å². The number of carbonyl (C=O) groups excluding carboxylic acids is 2. The molecule has 27 heteroatoms. The number of amides is 1. The number of nitrogens with zero attached hydrogens (tertiary/aromatic N) is 3. The van der Waals surface area contributed by atoms with Crippen LogP contribution in [-0.2, 0) is 41.1 Å². The fourth-order valence-electron chi connectivity index (χ4n) is 6.97. The maximum atomic E-state index is 12.8. The molecule has 3 unspecified atom stereocenters. The van der Waals surface area contributed by atoms with Crippen molar-refractivity contribution in [2.45, 2.75) is 83.0 Å². The van der Waals surface area contributed by atoms with E-state index in [1.165, 1.54) is 6.07 Å². The van der Waals surface area contributed by atoms with E-state index in [2.05, 4.69) is 61.0 Å². The number of anilines is 2. The van der Waals surface area contributed by atoms with Crippen molar-refractivity contribution in [3.05, 3.63) is 62.0 Å². The first-order chi connectivity index (χ1) is 28.3. The normalized spacial score (nSPS) is 23.0. The Labute approximate surface area is 346 Å². The third kappa shape index (κ3) is 11.8. The van der Waals surface area contributed by atoms with Gasteiger partial charge in [-0.05, 0) is 57.2 Å². The number of nitrogen functional groups attached to an aromatic ring is 1. The van der Waals surface area contributed by atoms with E-state index >= 15 is 0 Å². The van der Waals surface area contributed by atoms with Gasteiger partial charge in [0.2, 0.25) is 5.91 Å². The number of rotatable bonds is 15. The van der Waals surface area contributed by atoms with E-state index in [0.29, 0.717) is 28.5 Å². The lowest BCUT2D eigenvalue weighted by Crippen LogP contribution is -2.49. The number of nitrogens with two attached hydrogens (primary N) is 1. The van der Waals surface area contributed by atoms with Crippen LogP contribution in [0.5, 0.6) is 0 Å². The summed E-state index contributed by atoms with van der Waals surface area (Å²) in [5.41, 5.74) is 5.54. The van der Waals surface area contributed by atoms with Gasteiger partial charge < -0.3 is 59.6 Å². The monoisotopic (exact) mass is 919 g/mol. The fourth-order valence-corrected chi connectivity index (χ4v) is 10.00. The number of aromatic nitrogens is 2. The Morgan fingerprint density at radius 1 is 1.07 bits per heavy atom. The molecule has 0 saturated carbocycles. The third-order valence-corrected chi connectivity index (χ3v) is 13.3. The molecule has 1 aromatic carbocycles. The Kier molecular flexibility index (Phi) is 14.5. The minimum Gasteiger partial charge on any atom is -0.462 e. The van der Waals surface area contributed by atoms with Crippen LogP contribution in [0.1, 0.15) is 80.6 Å². The first kappa shape index (κ1) is 47.7. The highest BCUT2D eigenvalue weighted by Gasteiger charge is 2.47. The smallest absolute Gasteiger partial charge is 0.462 e. The molecular weight excluding hydrogens is 875 g/mol. The van der Waals surface area contributed by atoms with Crippen LogP contribution in [0.15, 0.2) is 38.4 Å². The maximum absolute atomic E-state index is 12.8. The Balaban J connectivity index is 1.19. The minimum atomic E-state index is -5.83. The van der Waals surface area contributed by atoms with Gasteiger partial charge in [-0.25, -0.2) is 28.1 Å². The van der Waals surface area contributed by atoms with Gasteiger partial charge in [0.25, 0.3) is 0 Å². The molecular formula is C34H44N5O19P3. The second-order valence-corrected chi connectivity index (χ2v) is 19.0. The molecule has 7 atom stereocenters. The predicted octanol–water partition coefficient (Wildman–Crippen LogP) is 1.11. The third-order valence-electron chi connectivity index (χ3n) is 9.53. The molecule has 4 heterocycles. The fraction of sp³-hybridized carbons (Fsp3) is 0.500. The lowest BCUT2D eigenvalue weighted by molar-refractivity contribution is -0.120. The number of hydrogen-bond donors (Lipinski definition) is 8. The lowest BCUT2D eigenvalue weighted by atomic mass is 9.79.